The molecule has 3 rings (SSSR count). The minimum Gasteiger partial charge on any atom is -0.373 e. The zero-order valence-corrected chi connectivity index (χ0v) is 15.1. The maximum absolute atomic E-state index is 12.3. The van der Waals surface area contributed by atoms with Crippen LogP contribution in [0.4, 0.5) is 16.3 Å². The van der Waals surface area contributed by atoms with Crippen molar-refractivity contribution < 1.29 is 4.79 Å². The molecule has 0 radical (unpaired) electrons. The van der Waals surface area contributed by atoms with Crippen LogP contribution in [-0.4, -0.2) is 60.4 Å². The van der Waals surface area contributed by atoms with Gasteiger partial charge in [0.05, 0.1) is 0 Å². The number of carbonyl (C=O) groups is 1. The lowest BCUT2D eigenvalue weighted by atomic mass is 10.1. The summed E-state index contributed by atoms with van der Waals surface area (Å²) in [6.07, 6.45) is 3.48. The molecular weight excluding hydrogens is 328 g/mol. The Balaban J connectivity index is 1.36. The minimum absolute atomic E-state index is 0.0180. The highest BCUT2D eigenvalue weighted by atomic mass is 16.2. The Morgan fingerprint density at radius 1 is 1.19 bits per heavy atom. The Morgan fingerprint density at radius 3 is 2.65 bits per heavy atom. The van der Waals surface area contributed by atoms with Gasteiger partial charge in [-0.05, 0) is 37.1 Å². The van der Waals surface area contributed by atoms with Crippen molar-refractivity contribution in [2.75, 3.05) is 43.4 Å². The molecule has 0 atom stereocenters. The van der Waals surface area contributed by atoms with E-state index in [1.807, 2.05) is 42.3 Å². The van der Waals surface area contributed by atoms with Crippen LogP contribution < -0.4 is 15.5 Å². The molecule has 1 aliphatic heterocycles. The van der Waals surface area contributed by atoms with Gasteiger partial charge >= 0.3 is 6.03 Å². The first-order valence-electron chi connectivity index (χ1n) is 9.05. The van der Waals surface area contributed by atoms with Crippen LogP contribution in [0.3, 0.4) is 0 Å². The van der Waals surface area contributed by atoms with E-state index in [-0.39, 0.29) is 6.03 Å². The van der Waals surface area contributed by atoms with Crippen LogP contribution in [0.25, 0.3) is 0 Å². The summed E-state index contributed by atoms with van der Waals surface area (Å²) in [5.41, 5.74) is 1.15. The summed E-state index contributed by atoms with van der Waals surface area (Å²) < 4.78 is 0. The molecule has 26 heavy (non-hydrogen) atoms. The van der Waals surface area contributed by atoms with E-state index in [1.54, 1.807) is 6.20 Å². The molecule has 2 N–H and O–H groups in total. The third-order valence-corrected chi connectivity index (χ3v) is 4.63. The fourth-order valence-electron chi connectivity index (χ4n) is 3.07. The fraction of sp³-hybridized carbons (Fsp3) is 0.421. The number of hydrogen-bond acceptors (Lipinski definition) is 5. The zero-order valence-electron chi connectivity index (χ0n) is 15.1. The predicted octanol–water partition coefficient (Wildman–Crippen LogP) is 2.20. The Hall–Kier alpha value is -2.83. The second kappa shape index (κ2) is 9.03. The Kier molecular flexibility index (Phi) is 6.24. The normalized spacial score (nSPS) is 14.7. The van der Waals surface area contributed by atoms with E-state index in [4.69, 9.17) is 0 Å². The van der Waals surface area contributed by atoms with E-state index < -0.39 is 0 Å². The Bertz CT molecular complexity index is 673. The van der Waals surface area contributed by atoms with E-state index in [9.17, 15) is 4.79 Å². The number of rotatable bonds is 6. The molecule has 1 aromatic heterocycles. The van der Waals surface area contributed by atoms with E-state index in [0.717, 1.165) is 44.0 Å². The van der Waals surface area contributed by atoms with Crippen LogP contribution >= 0.6 is 0 Å². The molecule has 1 fully saturated rings. The zero-order chi connectivity index (χ0) is 18.2. The second-order valence-electron chi connectivity index (χ2n) is 6.50. The van der Waals surface area contributed by atoms with Gasteiger partial charge in [-0.2, -0.15) is 5.10 Å². The van der Waals surface area contributed by atoms with Gasteiger partial charge in [0.1, 0.15) is 5.82 Å². The number of likely N-dealkylation sites (tertiary alicyclic amines) is 1. The van der Waals surface area contributed by atoms with Crippen LogP contribution in [0, 0.1) is 0 Å². The number of aromatic nitrogens is 2. The van der Waals surface area contributed by atoms with Gasteiger partial charge in [-0.3, -0.25) is 0 Å². The monoisotopic (exact) mass is 354 g/mol. The highest BCUT2D eigenvalue weighted by Crippen LogP contribution is 2.15. The van der Waals surface area contributed by atoms with Crippen LogP contribution in [0.1, 0.15) is 12.8 Å². The van der Waals surface area contributed by atoms with E-state index >= 15 is 0 Å². The average molecular weight is 354 g/mol. The van der Waals surface area contributed by atoms with Crippen LogP contribution in [-0.2, 0) is 0 Å². The summed E-state index contributed by atoms with van der Waals surface area (Å²) >= 11 is 0. The average Bonchev–Trinajstić information content (AvgIpc) is 2.70. The van der Waals surface area contributed by atoms with E-state index in [1.165, 1.54) is 0 Å². The highest BCUT2D eigenvalue weighted by Gasteiger charge is 2.22. The number of hydrogen-bond donors (Lipinski definition) is 2. The standard InChI is InChI=1S/C19H26N6O/c1-24(17-6-3-2-4-7-17)15-12-20-19(26)25-13-9-16(10-14-25)22-18-8-5-11-21-23-18/h2-8,11,16H,9-10,12-15H2,1H3,(H,20,26)(H,22,23). The molecule has 0 saturated carbocycles. The number of anilines is 2. The molecule has 1 aliphatic rings. The van der Waals surface area contributed by atoms with E-state index in [0.29, 0.717) is 12.6 Å². The number of nitrogens with one attached hydrogen (secondary N) is 2. The maximum atomic E-state index is 12.3. The molecule has 2 heterocycles. The van der Waals surface area contributed by atoms with Crippen molar-refractivity contribution in [3.63, 3.8) is 0 Å². The number of carbonyl (C=O) groups excluding carboxylic acids is 1. The Labute approximate surface area is 154 Å². The SMILES string of the molecule is CN(CCNC(=O)N1CCC(Nc2cccnn2)CC1)c1ccccc1. The number of nitrogens with zero attached hydrogens (tertiary/aromatic N) is 4. The second-order valence-corrected chi connectivity index (χ2v) is 6.50. The largest absolute Gasteiger partial charge is 0.373 e. The van der Waals surface area contributed by atoms with Crippen molar-refractivity contribution in [3.8, 4) is 0 Å². The Morgan fingerprint density at radius 2 is 1.96 bits per heavy atom. The van der Waals surface area contributed by atoms with Gasteiger partial charge < -0.3 is 20.4 Å². The molecule has 0 spiro atoms. The number of urea groups is 1. The summed E-state index contributed by atoms with van der Waals surface area (Å²) in [6, 6.07) is 14.3. The number of likely N-dealkylation sites (N-methyl/N-ethyl adjacent to an activating group) is 1. The van der Waals surface area contributed by atoms with Gasteiger partial charge in [-0.1, -0.05) is 18.2 Å². The first kappa shape index (κ1) is 18.0. The van der Waals surface area contributed by atoms with Crippen molar-refractivity contribution in [1.82, 2.24) is 20.4 Å². The van der Waals surface area contributed by atoms with Gasteiger partial charge in [0, 0.05) is 51.2 Å². The number of amides is 2. The van der Waals surface area contributed by atoms with Crippen LogP contribution in [0.2, 0.25) is 0 Å². The smallest absolute Gasteiger partial charge is 0.317 e. The molecule has 7 heteroatoms. The molecule has 0 bridgehead atoms. The predicted molar refractivity (Wildman–Crippen MR) is 103 cm³/mol. The molecule has 0 unspecified atom stereocenters. The maximum Gasteiger partial charge on any atom is 0.317 e. The van der Waals surface area contributed by atoms with Gasteiger partial charge in [-0.25, -0.2) is 4.79 Å². The fourth-order valence-corrected chi connectivity index (χ4v) is 3.07. The lowest BCUT2D eigenvalue weighted by molar-refractivity contribution is 0.184. The first-order chi connectivity index (χ1) is 12.7. The van der Waals surface area contributed by atoms with Gasteiger partial charge in [0.25, 0.3) is 0 Å². The lowest BCUT2D eigenvalue weighted by Gasteiger charge is -2.32. The molecule has 1 aromatic carbocycles. The van der Waals surface area contributed by atoms with Crippen molar-refractivity contribution >= 4 is 17.5 Å². The number of piperidine rings is 1. The first-order valence-corrected chi connectivity index (χ1v) is 9.05. The number of benzene rings is 1. The molecular formula is C19H26N6O. The summed E-state index contributed by atoms with van der Waals surface area (Å²) in [5, 5.41) is 14.3. The molecule has 1 saturated heterocycles. The van der Waals surface area contributed by atoms with E-state index in [2.05, 4.69) is 37.9 Å². The summed E-state index contributed by atoms with van der Waals surface area (Å²) in [5.74, 6) is 0.791. The minimum atomic E-state index is 0.0180. The number of para-hydroxylation sites is 1. The van der Waals surface area contributed by atoms with Crippen molar-refractivity contribution in [1.29, 1.82) is 0 Å². The van der Waals surface area contributed by atoms with Crippen molar-refractivity contribution in [2.24, 2.45) is 0 Å². The summed E-state index contributed by atoms with van der Waals surface area (Å²) in [4.78, 5) is 16.4. The van der Waals surface area contributed by atoms with Crippen LogP contribution in [0.15, 0.2) is 48.7 Å². The van der Waals surface area contributed by atoms with Gasteiger partial charge in [-0.15, -0.1) is 5.10 Å². The van der Waals surface area contributed by atoms with Crippen molar-refractivity contribution in [2.45, 2.75) is 18.9 Å². The van der Waals surface area contributed by atoms with Crippen LogP contribution in [0.5, 0.6) is 0 Å². The molecule has 2 amide bonds. The lowest BCUT2D eigenvalue weighted by Crippen LogP contribution is -2.48. The molecule has 2 aromatic rings. The molecule has 7 nitrogen and oxygen atoms in total. The highest BCUT2D eigenvalue weighted by molar-refractivity contribution is 5.74. The molecule has 138 valence electrons. The van der Waals surface area contributed by atoms with Gasteiger partial charge in [0.15, 0.2) is 0 Å². The molecule has 0 aliphatic carbocycles. The summed E-state index contributed by atoms with van der Waals surface area (Å²) in [7, 11) is 2.03. The van der Waals surface area contributed by atoms with Gasteiger partial charge in [0.2, 0.25) is 0 Å². The topological polar surface area (TPSA) is 73.4 Å². The van der Waals surface area contributed by atoms with Crippen molar-refractivity contribution in [3.05, 3.63) is 48.7 Å². The third kappa shape index (κ3) is 5.08. The quantitative estimate of drug-likeness (QED) is 0.832. The summed E-state index contributed by atoms with van der Waals surface area (Å²) in [6.45, 7) is 2.90. The third-order valence-electron chi connectivity index (χ3n) is 4.63.